The first-order valence-corrected chi connectivity index (χ1v) is 10.8. The van der Waals surface area contributed by atoms with Crippen molar-refractivity contribution in [1.29, 1.82) is 0 Å². The van der Waals surface area contributed by atoms with Crippen molar-refractivity contribution in [3.63, 3.8) is 0 Å². The van der Waals surface area contributed by atoms with Gasteiger partial charge in [-0.25, -0.2) is 0 Å². The summed E-state index contributed by atoms with van der Waals surface area (Å²) in [4.78, 5) is 20.2. The van der Waals surface area contributed by atoms with E-state index in [-0.39, 0.29) is 18.1 Å². The average molecular weight is 391 g/mol. The molecule has 2 aliphatic heterocycles. The van der Waals surface area contributed by atoms with Gasteiger partial charge in [-0.15, -0.1) is 0 Å². The van der Waals surface area contributed by atoms with Gasteiger partial charge in [-0.3, -0.25) is 9.69 Å². The Labute approximate surface area is 170 Å². The van der Waals surface area contributed by atoms with E-state index in [0.717, 1.165) is 64.1 Å². The highest BCUT2D eigenvalue weighted by Crippen LogP contribution is 2.28. The van der Waals surface area contributed by atoms with Gasteiger partial charge >= 0.3 is 0 Å². The fraction of sp³-hybridized carbons (Fsp3) is 0.773. The molecule has 0 aliphatic carbocycles. The molecule has 0 radical (unpaired) electrons. The number of piperazine rings is 1. The summed E-state index contributed by atoms with van der Waals surface area (Å²) in [5.74, 6) is 0.590. The Morgan fingerprint density at radius 3 is 2.50 bits per heavy atom. The lowest BCUT2D eigenvalue weighted by Crippen LogP contribution is -2.56. The molecule has 1 aromatic rings. The van der Waals surface area contributed by atoms with Gasteiger partial charge in [0.05, 0.1) is 5.56 Å². The number of rotatable bonds is 5. The van der Waals surface area contributed by atoms with Crippen molar-refractivity contribution in [3.05, 3.63) is 24.0 Å². The molecule has 0 unspecified atom stereocenters. The third kappa shape index (κ3) is 4.97. The second-order valence-electron chi connectivity index (χ2n) is 9.55. The molecule has 0 bridgehead atoms. The van der Waals surface area contributed by atoms with E-state index in [1.165, 1.54) is 0 Å². The van der Waals surface area contributed by atoms with Crippen LogP contribution in [0.3, 0.4) is 0 Å². The molecule has 28 heavy (non-hydrogen) atoms. The number of nitrogens with zero attached hydrogens (tertiary/aromatic N) is 4. The molecule has 3 heterocycles. The van der Waals surface area contributed by atoms with Gasteiger partial charge in [0.25, 0.3) is 5.91 Å². The fourth-order valence-electron chi connectivity index (χ4n) is 4.60. The van der Waals surface area contributed by atoms with Crippen LogP contribution < -0.4 is 0 Å². The summed E-state index contributed by atoms with van der Waals surface area (Å²) in [5, 5.41) is 9.36. The summed E-state index contributed by atoms with van der Waals surface area (Å²) in [6.07, 6.45) is 6.83. The highest BCUT2D eigenvalue weighted by atomic mass is 16.3. The summed E-state index contributed by atoms with van der Waals surface area (Å²) in [6, 6.07) is 2.48. The van der Waals surface area contributed by atoms with Gasteiger partial charge in [0, 0.05) is 69.8 Å². The molecule has 158 valence electrons. The molecular formula is C22H38N4O2. The summed E-state index contributed by atoms with van der Waals surface area (Å²) in [6.45, 7) is 12.8. The molecule has 1 amide bonds. The maximum absolute atomic E-state index is 13.1. The zero-order valence-electron chi connectivity index (χ0n) is 18.1. The second-order valence-corrected chi connectivity index (χ2v) is 9.55. The molecule has 3 rings (SSSR count). The van der Waals surface area contributed by atoms with E-state index in [4.69, 9.17) is 0 Å². The van der Waals surface area contributed by atoms with Crippen LogP contribution in [0.15, 0.2) is 18.5 Å². The maximum atomic E-state index is 13.1. The third-order valence-corrected chi connectivity index (χ3v) is 6.44. The zero-order valence-corrected chi connectivity index (χ0v) is 18.1. The van der Waals surface area contributed by atoms with Gasteiger partial charge in [0.15, 0.2) is 0 Å². The van der Waals surface area contributed by atoms with E-state index in [9.17, 15) is 9.90 Å². The van der Waals surface area contributed by atoms with E-state index >= 15 is 0 Å². The normalized spacial score (nSPS) is 25.2. The number of likely N-dealkylation sites (N-methyl/N-ethyl adjacent to an activating group) is 1. The Balaban J connectivity index is 1.67. The predicted molar refractivity (Wildman–Crippen MR) is 113 cm³/mol. The highest BCUT2D eigenvalue weighted by molar-refractivity contribution is 5.94. The number of amides is 1. The molecule has 6 nitrogen and oxygen atoms in total. The Kier molecular flexibility index (Phi) is 6.84. The lowest BCUT2D eigenvalue weighted by molar-refractivity contribution is 0.0218. The topological polar surface area (TPSA) is 52.0 Å². The Hall–Kier alpha value is -1.37. The molecule has 2 atom stereocenters. The first-order chi connectivity index (χ1) is 13.3. The maximum Gasteiger partial charge on any atom is 0.255 e. The van der Waals surface area contributed by atoms with Gasteiger partial charge in [-0.1, -0.05) is 0 Å². The van der Waals surface area contributed by atoms with Crippen molar-refractivity contribution >= 4 is 5.91 Å². The summed E-state index contributed by atoms with van der Waals surface area (Å²) < 4.78 is 2.11. The van der Waals surface area contributed by atoms with E-state index < -0.39 is 0 Å². The first kappa shape index (κ1) is 21.3. The van der Waals surface area contributed by atoms with Crippen LogP contribution >= 0.6 is 0 Å². The molecule has 1 N–H and O–H groups in total. The fourth-order valence-corrected chi connectivity index (χ4v) is 4.60. The average Bonchev–Trinajstić information content (AvgIpc) is 3.17. The number of aliphatic hydroxyl groups is 1. The number of carbonyl (C=O) groups excluding carboxylic acids is 1. The molecule has 6 heteroatoms. The number of carbonyl (C=O) groups is 1. The smallest absolute Gasteiger partial charge is 0.255 e. The van der Waals surface area contributed by atoms with Crippen molar-refractivity contribution in [2.75, 3.05) is 52.9 Å². The van der Waals surface area contributed by atoms with Crippen LogP contribution in [0.1, 0.15) is 50.4 Å². The predicted octanol–water partition coefficient (Wildman–Crippen LogP) is 2.09. The van der Waals surface area contributed by atoms with Crippen molar-refractivity contribution in [3.8, 4) is 0 Å². The van der Waals surface area contributed by atoms with Crippen LogP contribution in [-0.4, -0.2) is 89.2 Å². The molecule has 2 fully saturated rings. The van der Waals surface area contributed by atoms with Crippen LogP contribution in [0.2, 0.25) is 0 Å². The zero-order chi connectivity index (χ0) is 20.3. The molecule has 2 saturated heterocycles. The van der Waals surface area contributed by atoms with Crippen molar-refractivity contribution in [2.24, 2.45) is 5.92 Å². The van der Waals surface area contributed by atoms with Gasteiger partial charge in [-0.2, -0.15) is 0 Å². The summed E-state index contributed by atoms with van der Waals surface area (Å²) in [7, 11) is 2.19. The molecular weight excluding hydrogens is 352 g/mol. The minimum atomic E-state index is -0.0173. The Morgan fingerprint density at radius 1 is 1.18 bits per heavy atom. The second kappa shape index (κ2) is 8.97. The number of hydrogen-bond acceptors (Lipinski definition) is 4. The lowest BCUT2D eigenvalue weighted by atomic mass is 9.86. The first-order valence-electron chi connectivity index (χ1n) is 10.8. The van der Waals surface area contributed by atoms with Crippen molar-refractivity contribution < 1.29 is 9.90 Å². The minimum absolute atomic E-state index is 0.0173. The van der Waals surface area contributed by atoms with Crippen LogP contribution in [0.4, 0.5) is 0 Å². The summed E-state index contributed by atoms with van der Waals surface area (Å²) in [5.41, 5.74) is 0.769. The van der Waals surface area contributed by atoms with Crippen LogP contribution in [0.5, 0.6) is 0 Å². The summed E-state index contributed by atoms with van der Waals surface area (Å²) >= 11 is 0. The largest absolute Gasteiger partial charge is 0.396 e. The van der Waals surface area contributed by atoms with Crippen LogP contribution in [0.25, 0.3) is 0 Å². The van der Waals surface area contributed by atoms with E-state index in [0.29, 0.717) is 12.0 Å². The van der Waals surface area contributed by atoms with Gasteiger partial charge in [-0.05, 0) is 59.1 Å². The van der Waals surface area contributed by atoms with E-state index in [1.54, 1.807) is 0 Å². The Bertz CT molecular complexity index is 643. The number of piperidine rings is 1. The van der Waals surface area contributed by atoms with Crippen LogP contribution in [0, 0.1) is 5.92 Å². The molecule has 0 aromatic carbocycles. The van der Waals surface area contributed by atoms with Gasteiger partial charge in [0.1, 0.15) is 0 Å². The third-order valence-electron chi connectivity index (χ3n) is 6.44. The van der Waals surface area contributed by atoms with Crippen molar-refractivity contribution in [1.82, 2.24) is 19.3 Å². The number of aliphatic hydroxyl groups excluding tert-OH is 1. The standard InChI is InChI=1S/C22H38N4O2/c1-22(2,3)26-10-7-19(17-26)21(28)25-9-8-20(18(16-25)6-5-15-27)24-13-11-23(4)12-14-24/h7,10,17-18,20,27H,5-6,8-9,11-16H2,1-4H3/t18-,20+/m1/s1. The number of likely N-dealkylation sites (tertiary alicyclic amines) is 1. The van der Waals surface area contributed by atoms with E-state index in [2.05, 4.69) is 42.2 Å². The molecule has 0 saturated carbocycles. The minimum Gasteiger partial charge on any atom is -0.396 e. The van der Waals surface area contributed by atoms with E-state index in [1.807, 2.05) is 23.4 Å². The highest BCUT2D eigenvalue weighted by Gasteiger charge is 2.36. The lowest BCUT2D eigenvalue weighted by Gasteiger charge is -2.46. The SMILES string of the molecule is CN1CCN([C@H]2CCN(C(=O)c3ccn(C(C)(C)C)c3)C[C@H]2CCCO)CC1. The Morgan fingerprint density at radius 2 is 1.89 bits per heavy atom. The van der Waals surface area contributed by atoms with Gasteiger partial charge in [0.2, 0.25) is 0 Å². The van der Waals surface area contributed by atoms with Crippen molar-refractivity contribution in [2.45, 2.75) is 51.6 Å². The number of aromatic nitrogens is 1. The molecule has 1 aromatic heterocycles. The van der Waals surface area contributed by atoms with Gasteiger partial charge < -0.3 is 19.5 Å². The van der Waals surface area contributed by atoms with Crippen LogP contribution in [-0.2, 0) is 5.54 Å². The molecule has 0 spiro atoms. The molecule has 2 aliphatic rings. The number of hydrogen-bond donors (Lipinski definition) is 1. The monoisotopic (exact) mass is 390 g/mol. The quantitative estimate of drug-likeness (QED) is 0.837.